The van der Waals surface area contributed by atoms with Gasteiger partial charge in [-0.25, -0.2) is 0 Å². The molecule has 6 heteroatoms. The number of thiol groups is 1. The normalized spacial score (nSPS) is 13.1. The molecule has 1 atom stereocenters. The van der Waals surface area contributed by atoms with E-state index in [1.54, 1.807) is 0 Å². The summed E-state index contributed by atoms with van der Waals surface area (Å²) in [4.78, 5) is 22.4. The maximum absolute atomic E-state index is 11.6. The molecule has 0 rings (SSSR count). The molecule has 4 nitrogen and oxygen atoms in total. The zero-order valence-electron chi connectivity index (χ0n) is 9.76. The van der Waals surface area contributed by atoms with Gasteiger partial charge in [0.25, 0.3) is 0 Å². The van der Waals surface area contributed by atoms with Crippen LogP contribution < -0.4 is 10.6 Å². The number of hydrogen-bond acceptors (Lipinski definition) is 3. The Balaban J connectivity index is 4.11. The highest BCUT2D eigenvalue weighted by atomic mass is 32.1. The minimum Gasteiger partial charge on any atom is -0.357 e. The van der Waals surface area contributed by atoms with Crippen molar-refractivity contribution < 1.29 is 9.59 Å². The van der Waals surface area contributed by atoms with E-state index in [-0.39, 0.29) is 11.8 Å². The van der Waals surface area contributed by atoms with Crippen LogP contribution in [0.5, 0.6) is 0 Å². The average molecular weight is 248 g/mol. The highest BCUT2D eigenvalue weighted by Gasteiger charge is 2.20. The van der Waals surface area contributed by atoms with E-state index in [2.05, 4.69) is 42.9 Å². The van der Waals surface area contributed by atoms with Crippen molar-refractivity contribution in [1.82, 2.24) is 10.6 Å². The molecule has 0 saturated heterocycles. The largest absolute Gasteiger partial charge is 0.357 e. The Bertz CT molecular complexity index is 241. The Morgan fingerprint density at radius 3 is 2.20 bits per heavy atom. The van der Waals surface area contributed by atoms with Gasteiger partial charge >= 0.3 is 0 Å². The van der Waals surface area contributed by atoms with Gasteiger partial charge in [0.1, 0.15) is 6.04 Å². The van der Waals surface area contributed by atoms with Crippen LogP contribution in [-0.4, -0.2) is 37.9 Å². The summed E-state index contributed by atoms with van der Waals surface area (Å²) in [6.45, 7) is 7.90. The van der Waals surface area contributed by atoms with E-state index in [1.165, 1.54) is 6.92 Å². The number of carbonyl (C=O) groups is 2. The first-order valence-electron chi connectivity index (χ1n) is 4.92. The van der Waals surface area contributed by atoms with Gasteiger partial charge in [-0.2, -0.15) is 12.6 Å². The van der Waals surface area contributed by atoms with E-state index in [1.807, 2.05) is 0 Å². The Morgan fingerprint density at radius 2 is 1.87 bits per heavy atom. The third kappa shape index (κ3) is 7.44. The molecule has 0 aromatic rings. The first-order valence-corrected chi connectivity index (χ1v) is 9.26. The summed E-state index contributed by atoms with van der Waals surface area (Å²) in [5.41, 5.74) is 0. The molecule has 0 saturated carbocycles. The highest BCUT2D eigenvalue weighted by Crippen LogP contribution is 1.98. The SMILES string of the molecule is CC(=O)N[C@@H](CS)C(=O)NC[Si](C)(C)C. The second-order valence-corrected chi connectivity index (χ2v) is 10.6. The van der Waals surface area contributed by atoms with Crippen molar-refractivity contribution in [3.05, 3.63) is 0 Å². The van der Waals surface area contributed by atoms with E-state index in [4.69, 9.17) is 0 Å². The molecular weight excluding hydrogens is 228 g/mol. The maximum atomic E-state index is 11.6. The van der Waals surface area contributed by atoms with Crippen LogP contribution >= 0.6 is 12.6 Å². The lowest BCUT2D eigenvalue weighted by Gasteiger charge is -2.20. The molecule has 0 heterocycles. The predicted octanol–water partition coefficient (Wildman–Crippen LogP) is 0.414. The Morgan fingerprint density at radius 1 is 1.33 bits per heavy atom. The fraction of sp³-hybridized carbons (Fsp3) is 0.778. The third-order valence-corrected chi connectivity index (χ3v) is 3.27. The van der Waals surface area contributed by atoms with Crippen molar-refractivity contribution in [2.75, 3.05) is 11.9 Å². The second kappa shape index (κ2) is 6.17. The summed E-state index contributed by atoms with van der Waals surface area (Å²) in [6, 6.07) is -0.526. The van der Waals surface area contributed by atoms with Crippen molar-refractivity contribution in [3.8, 4) is 0 Å². The molecule has 0 aliphatic heterocycles. The minimum absolute atomic E-state index is 0.150. The first-order chi connectivity index (χ1) is 6.76. The monoisotopic (exact) mass is 248 g/mol. The van der Waals surface area contributed by atoms with Gasteiger partial charge in [-0.3, -0.25) is 9.59 Å². The molecule has 0 aromatic carbocycles. The Hall–Kier alpha value is -0.493. The molecule has 0 fully saturated rings. The lowest BCUT2D eigenvalue weighted by atomic mass is 10.3. The van der Waals surface area contributed by atoms with Crippen molar-refractivity contribution in [3.63, 3.8) is 0 Å². The molecule has 0 bridgehead atoms. The number of hydrogen-bond donors (Lipinski definition) is 3. The molecule has 88 valence electrons. The summed E-state index contributed by atoms with van der Waals surface area (Å²) in [5, 5.41) is 5.39. The van der Waals surface area contributed by atoms with Crippen LogP contribution in [0.2, 0.25) is 19.6 Å². The van der Waals surface area contributed by atoms with Crippen LogP contribution in [0.3, 0.4) is 0 Å². The Labute approximate surface area is 97.6 Å². The molecule has 0 aliphatic rings. The molecular formula is C9H20N2O2SSi. The second-order valence-electron chi connectivity index (χ2n) is 4.71. The van der Waals surface area contributed by atoms with E-state index in [0.717, 1.165) is 6.17 Å². The van der Waals surface area contributed by atoms with E-state index < -0.39 is 14.1 Å². The fourth-order valence-corrected chi connectivity index (χ4v) is 1.88. The molecule has 2 N–H and O–H groups in total. The number of rotatable bonds is 5. The predicted molar refractivity (Wildman–Crippen MR) is 67.8 cm³/mol. The molecule has 15 heavy (non-hydrogen) atoms. The van der Waals surface area contributed by atoms with Crippen LogP contribution in [0.15, 0.2) is 0 Å². The average Bonchev–Trinajstić information content (AvgIpc) is 2.08. The number of amides is 2. The van der Waals surface area contributed by atoms with Gasteiger partial charge in [-0.1, -0.05) is 19.6 Å². The summed E-state index contributed by atoms with van der Waals surface area (Å²) >= 11 is 4.03. The lowest BCUT2D eigenvalue weighted by molar-refractivity contribution is -0.127. The summed E-state index contributed by atoms with van der Waals surface area (Å²) in [7, 11) is -1.29. The van der Waals surface area contributed by atoms with Crippen LogP contribution in [-0.2, 0) is 9.59 Å². The topological polar surface area (TPSA) is 58.2 Å². The van der Waals surface area contributed by atoms with Crippen molar-refractivity contribution >= 4 is 32.5 Å². The highest BCUT2D eigenvalue weighted by molar-refractivity contribution is 7.80. The molecule has 0 unspecified atom stereocenters. The number of nitrogens with one attached hydrogen (secondary N) is 2. The van der Waals surface area contributed by atoms with Crippen molar-refractivity contribution in [2.45, 2.75) is 32.6 Å². The minimum atomic E-state index is -1.29. The maximum Gasteiger partial charge on any atom is 0.243 e. The zero-order chi connectivity index (χ0) is 12.1. The third-order valence-electron chi connectivity index (χ3n) is 1.67. The van der Waals surface area contributed by atoms with Crippen molar-refractivity contribution in [1.29, 1.82) is 0 Å². The van der Waals surface area contributed by atoms with E-state index >= 15 is 0 Å². The van der Waals surface area contributed by atoms with Gasteiger partial charge in [-0.05, 0) is 0 Å². The van der Waals surface area contributed by atoms with Gasteiger partial charge in [0.2, 0.25) is 11.8 Å². The lowest BCUT2D eigenvalue weighted by Crippen LogP contribution is -2.50. The summed E-state index contributed by atoms with van der Waals surface area (Å²) in [6.07, 6.45) is 0.718. The zero-order valence-corrected chi connectivity index (χ0v) is 11.6. The molecule has 0 spiro atoms. The van der Waals surface area contributed by atoms with Gasteiger partial charge in [0, 0.05) is 18.8 Å². The standard InChI is InChI=1S/C9H20N2O2SSi/c1-7(12)11-8(5-14)9(13)10-6-15(2,3)4/h8,14H,5-6H2,1-4H3,(H,10,13)(H,11,12)/t8-/m0/s1. The molecule has 0 radical (unpaired) electrons. The summed E-state index contributed by atoms with van der Waals surface area (Å²) < 4.78 is 0. The van der Waals surface area contributed by atoms with Crippen LogP contribution in [0.4, 0.5) is 0 Å². The first kappa shape index (κ1) is 14.5. The van der Waals surface area contributed by atoms with E-state index in [0.29, 0.717) is 5.75 Å². The fourth-order valence-electron chi connectivity index (χ4n) is 0.915. The van der Waals surface area contributed by atoms with E-state index in [9.17, 15) is 9.59 Å². The Kier molecular flexibility index (Phi) is 5.97. The molecule has 2 amide bonds. The van der Waals surface area contributed by atoms with Crippen LogP contribution in [0, 0.1) is 0 Å². The van der Waals surface area contributed by atoms with Gasteiger partial charge < -0.3 is 10.6 Å². The molecule has 0 aromatic heterocycles. The van der Waals surface area contributed by atoms with Crippen LogP contribution in [0.25, 0.3) is 0 Å². The van der Waals surface area contributed by atoms with Gasteiger partial charge in [-0.15, -0.1) is 0 Å². The van der Waals surface area contributed by atoms with Crippen LogP contribution in [0.1, 0.15) is 6.92 Å². The number of carbonyl (C=O) groups excluding carboxylic acids is 2. The molecule has 0 aliphatic carbocycles. The van der Waals surface area contributed by atoms with Gasteiger partial charge in [0.15, 0.2) is 0 Å². The van der Waals surface area contributed by atoms with Crippen molar-refractivity contribution in [2.24, 2.45) is 0 Å². The quantitative estimate of drug-likeness (QED) is 0.488. The smallest absolute Gasteiger partial charge is 0.243 e. The summed E-state index contributed by atoms with van der Waals surface area (Å²) in [5.74, 6) is -0.0447. The van der Waals surface area contributed by atoms with Gasteiger partial charge in [0.05, 0.1) is 8.07 Å².